The van der Waals surface area contributed by atoms with Gasteiger partial charge in [-0.15, -0.1) is 11.3 Å². The van der Waals surface area contributed by atoms with Gasteiger partial charge in [-0.05, 0) is 11.4 Å². The first-order valence-electron chi connectivity index (χ1n) is 5.59. The minimum absolute atomic E-state index is 0.0226. The number of oxime groups is 1. The molecule has 11 heteroatoms. The van der Waals surface area contributed by atoms with Crippen LogP contribution in [0.1, 0.15) is 4.88 Å². The van der Waals surface area contributed by atoms with E-state index in [1.54, 1.807) is 17.5 Å². The van der Waals surface area contributed by atoms with E-state index in [9.17, 15) is 18.0 Å². The Morgan fingerprint density at radius 2 is 2.33 bits per heavy atom. The van der Waals surface area contributed by atoms with Crippen molar-refractivity contribution >= 4 is 39.2 Å². The Labute approximate surface area is 124 Å². The molecular weight excluding hydrogens is 322 g/mol. The van der Waals surface area contributed by atoms with Crippen molar-refractivity contribution in [3.63, 3.8) is 0 Å². The predicted octanol–water partition coefficient (Wildman–Crippen LogP) is -0.772. The van der Waals surface area contributed by atoms with Crippen LogP contribution in [-0.2, 0) is 24.7 Å². The molecule has 2 heterocycles. The van der Waals surface area contributed by atoms with Crippen molar-refractivity contribution in [1.82, 2.24) is 9.62 Å². The summed E-state index contributed by atoms with van der Waals surface area (Å²) in [4.78, 5) is 28.7. The Kier molecular flexibility index (Phi) is 4.25. The van der Waals surface area contributed by atoms with Gasteiger partial charge in [-0.1, -0.05) is 11.2 Å². The van der Waals surface area contributed by atoms with E-state index in [1.165, 1.54) is 18.4 Å². The van der Waals surface area contributed by atoms with Crippen molar-refractivity contribution in [2.24, 2.45) is 5.16 Å². The molecule has 0 aliphatic carbocycles. The molecule has 1 aliphatic rings. The molecule has 1 fully saturated rings. The van der Waals surface area contributed by atoms with Crippen LogP contribution in [0.15, 0.2) is 22.7 Å². The zero-order chi connectivity index (χ0) is 15.6. The van der Waals surface area contributed by atoms with Gasteiger partial charge in [0.2, 0.25) is 0 Å². The molecule has 2 N–H and O–H groups in total. The number of nitrogens with one attached hydrogen (secondary N) is 1. The predicted molar refractivity (Wildman–Crippen MR) is 73.1 cm³/mol. The SMILES string of the molecule is CON=C(C(=O)NC1CN(S(=O)(=O)O)C1=O)c1cccs1. The van der Waals surface area contributed by atoms with Gasteiger partial charge < -0.3 is 10.2 Å². The second-order valence-corrected chi connectivity index (χ2v) is 6.26. The van der Waals surface area contributed by atoms with E-state index in [1.807, 2.05) is 0 Å². The molecule has 2 rings (SSSR count). The Morgan fingerprint density at radius 3 is 2.81 bits per heavy atom. The fraction of sp³-hybridized carbons (Fsp3) is 0.300. The lowest BCUT2D eigenvalue weighted by Crippen LogP contribution is -2.65. The Bertz CT molecular complexity index is 682. The van der Waals surface area contributed by atoms with Crippen molar-refractivity contribution in [3.05, 3.63) is 22.4 Å². The lowest BCUT2D eigenvalue weighted by Gasteiger charge is -2.35. The molecule has 114 valence electrons. The number of hydrogen-bond donors (Lipinski definition) is 2. The number of hydrogen-bond acceptors (Lipinski definition) is 7. The standard InChI is InChI=1S/C10H11N3O6S2/c1-19-12-8(7-3-2-4-20-7)9(14)11-6-5-13(10(6)15)21(16,17)18/h2-4,6H,5H2,1H3,(H,11,14)(H,16,17,18). The summed E-state index contributed by atoms with van der Waals surface area (Å²) < 4.78 is 30.6. The minimum Gasteiger partial charge on any atom is -0.398 e. The molecule has 1 aromatic heterocycles. The number of carbonyl (C=O) groups excluding carboxylic acids is 2. The van der Waals surface area contributed by atoms with Gasteiger partial charge in [0, 0.05) is 0 Å². The second kappa shape index (κ2) is 5.79. The summed E-state index contributed by atoms with van der Waals surface area (Å²) in [6.07, 6.45) is 0. The lowest BCUT2D eigenvalue weighted by atomic mass is 10.1. The summed E-state index contributed by atoms with van der Waals surface area (Å²) >= 11 is 1.25. The van der Waals surface area contributed by atoms with Crippen molar-refractivity contribution < 1.29 is 27.4 Å². The number of β-lactam (4-membered cyclic amide) rings is 1. The molecule has 1 aromatic rings. The molecule has 9 nitrogen and oxygen atoms in total. The van der Waals surface area contributed by atoms with Crippen LogP contribution in [0.3, 0.4) is 0 Å². The summed E-state index contributed by atoms with van der Waals surface area (Å²) in [5.74, 6) is -1.58. The first kappa shape index (κ1) is 15.4. The van der Waals surface area contributed by atoms with Crippen LogP contribution in [0.5, 0.6) is 0 Å². The molecule has 0 spiro atoms. The van der Waals surface area contributed by atoms with E-state index in [2.05, 4.69) is 15.3 Å². The van der Waals surface area contributed by atoms with Gasteiger partial charge in [-0.2, -0.15) is 8.42 Å². The Hall–Kier alpha value is -1.98. The van der Waals surface area contributed by atoms with Crippen molar-refractivity contribution in [2.45, 2.75) is 6.04 Å². The number of rotatable bonds is 5. The fourth-order valence-electron chi connectivity index (χ4n) is 1.64. The van der Waals surface area contributed by atoms with Gasteiger partial charge in [-0.3, -0.25) is 14.1 Å². The maximum absolute atomic E-state index is 12.0. The first-order chi connectivity index (χ1) is 9.84. The van der Waals surface area contributed by atoms with Crippen LogP contribution in [-0.4, -0.2) is 54.5 Å². The Morgan fingerprint density at radius 1 is 1.62 bits per heavy atom. The molecule has 1 aliphatic heterocycles. The third kappa shape index (κ3) is 3.20. The topological polar surface area (TPSA) is 125 Å². The number of amides is 2. The van der Waals surface area contributed by atoms with Gasteiger partial charge in [0.1, 0.15) is 13.2 Å². The van der Waals surface area contributed by atoms with E-state index in [4.69, 9.17) is 4.55 Å². The summed E-state index contributed by atoms with van der Waals surface area (Å²) in [7, 11) is -3.30. The summed E-state index contributed by atoms with van der Waals surface area (Å²) in [5, 5.41) is 7.66. The average molecular weight is 333 g/mol. The molecule has 1 saturated heterocycles. The lowest BCUT2D eigenvalue weighted by molar-refractivity contribution is -0.139. The van der Waals surface area contributed by atoms with Crippen molar-refractivity contribution in [3.8, 4) is 0 Å². The summed E-state index contributed by atoms with van der Waals surface area (Å²) in [5.41, 5.74) is -0.0226. The van der Waals surface area contributed by atoms with E-state index in [-0.39, 0.29) is 16.6 Å². The van der Waals surface area contributed by atoms with Crippen LogP contribution in [0.4, 0.5) is 0 Å². The second-order valence-electron chi connectivity index (χ2n) is 3.97. The summed E-state index contributed by atoms with van der Waals surface area (Å²) in [6.45, 7) is -0.325. The molecule has 0 radical (unpaired) electrons. The fourth-order valence-corrected chi connectivity index (χ4v) is 3.03. The van der Waals surface area contributed by atoms with Crippen LogP contribution in [0.2, 0.25) is 0 Å². The van der Waals surface area contributed by atoms with E-state index < -0.39 is 28.2 Å². The maximum atomic E-state index is 12.0. The largest absolute Gasteiger partial charge is 0.398 e. The third-order valence-corrected chi connectivity index (χ3v) is 4.39. The highest BCUT2D eigenvalue weighted by Gasteiger charge is 2.44. The van der Waals surface area contributed by atoms with Crippen molar-refractivity contribution in [2.75, 3.05) is 13.7 Å². The molecule has 2 amide bonds. The molecule has 0 bridgehead atoms. The number of thiophene rings is 1. The van der Waals surface area contributed by atoms with E-state index >= 15 is 0 Å². The van der Waals surface area contributed by atoms with Gasteiger partial charge in [0.15, 0.2) is 5.71 Å². The first-order valence-corrected chi connectivity index (χ1v) is 7.87. The van der Waals surface area contributed by atoms with Crippen LogP contribution in [0, 0.1) is 0 Å². The third-order valence-electron chi connectivity index (χ3n) is 2.63. The maximum Gasteiger partial charge on any atom is 0.362 e. The Balaban J connectivity index is 2.06. The van der Waals surface area contributed by atoms with E-state index in [0.717, 1.165) is 0 Å². The van der Waals surface area contributed by atoms with Gasteiger partial charge in [0.05, 0.1) is 11.4 Å². The zero-order valence-corrected chi connectivity index (χ0v) is 12.3. The highest BCUT2D eigenvalue weighted by Crippen LogP contribution is 2.15. The smallest absolute Gasteiger partial charge is 0.362 e. The number of carbonyl (C=O) groups is 2. The van der Waals surface area contributed by atoms with E-state index in [0.29, 0.717) is 4.88 Å². The van der Waals surface area contributed by atoms with Crippen LogP contribution >= 0.6 is 11.3 Å². The highest BCUT2D eigenvalue weighted by molar-refractivity contribution is 7.84. The molecule has 0 aromatic carbocycles. The van der Waals surface area contributed by atoms with Crippen LogP contribution in [0.25, 0.3) is 0 Å². The van der Waals surface area contributed by atoms with Gasteiger partial charge >= 0.3 is 10.3 Å². The summed E-state index contributed by atoms with van der Waals surface area (Å²) in [6, 6.07) is 2.34. The monoisotopic (exact) mass is 333 g/mol. The molecule has 1 atom stereocenters. The normalized spacial score (nSPS) is 19.1. The highest BCUT2D eigenvalue weighted by atomic mass is 32.2. The molecule has 21 heavy (non-hydrogen) atoms. The molecular formula is C10H11N3O6S2. The quantitative estimate of drug-likeness (QED) is 0.315. The minimum atomic E-state index is -4.58. The van der Waals surface area contributed by atoms with Gasteiger partial charge in [0.25, 0.3) is 11.8 Å². The number of nitrogens with zero attached hydrogens (tertiary/aromatic N) is 2. The average Bonchev–Trinajstić information content (AvgIpc) is 2.91. The molecule has 0 saturated carbocycles. The van der Waals surface area contributed by atoms with Gasteiger partial charge in [-0.25, -0.2) is 4.31 Å². The van der Waals surface area contributed by atoms with Crippen molar-refractivity contribution in [1.29, 1.82) is 0 Å². The molecule has 1 unspecified atom stereocenters. The zero-order valence-electron chi connectivity index (χ0n) is 10.7. The van der Waals surface area contributed by atoms with Crippen LogP contribution < -0.4 is 5.32 Å².